The van der Waals surface area contributed by atoms with Gasteiger partial charge in [0, 0.05) is 18.1 Å². The van der Waals surface area contributed by atoms with Crippen LogP contribution < -0.4 is 34.7 Å². The second kappa shape index (κ2) is 7.51. The van der Waals surface area contributed by atoms with Crippen LogP contribution in [-0.2, 0) is 14.3 Å². The summed E-state index contributed by atoms with van der Waals surface area (Å²) in [6.45, 7) is 4.56. The van der Waals surface area contributed by atoms with E-state index >= 15 is 0 Å². The fourth-order valence-electron chi connectivity index (χ4n) is 4.02. The van der Waals surface area contributed by atoms with Crippen LogP contribution in [0.1, 0.15) is 46.0 Å². The molecule has 0 aromatic carbocycles. The van der Waals surface area contributed by atoms with Gasteiger partial charge in [0.05, 0.1) is 23.8 Å². The van der Waals surface area contributed by atoms with E-state index in [1.54, 1.807) is 6.08 Å². The molecule has 120 valence electrons. The largest absolute Gasteiger partial charge is 1.00 e. The van der Waals surface area contributed by atoms with Gasteiger partial charge in [-0.15, -0.1) is 0 Å². The van der Waals surface area contributed by atoms with E-state index in [0.717, 1.165) is 43.3 Å². The molecule has 6 heteroatoms. The van der Waals surface area contributed by atoms with Crippen LogP contribution in [0.5, 0.6) is 0 Å². The Morgan fingerprint density at radius 1 is 1.43 bits per heavy atom. The van der Waals surface area contributed by atoms with Gasteiger partial charge in [-0.25, -0.2) is 0 Å². The Balaban J connectivity index is 0.00000192. The number of amides is 1. The molecule has 0 radical (unpaired) electrons. The topological polar surface area (TPSA) is 69.7 Å². The Morgan fingerprint density at radius 3 is 2.78 bits per heavy atom. The van der Waals surface area contributed by atoms with Crippen molar-refractivity contribution in [1.29, 1.82) is 0 Å². The Hall–Kier alpha value is -0.620. The monoisotopic (exact) mass is 327 g/mol. The number of hydrogen-bond acceptors (Lipinski definition) is 4. The van der Waals surface area contributed by atoms with Crippen molar-refractivity contribution in [3.05, 3.63) is 22.9 Å². The van der Waals surface area contributed by atoms with Gasteiger partial charge in [0.1, 0.15) is 0 Å². The van der Waals surface area contributed by atoms with Crippen molar-refractivity contribution in [1.82, 2.24) is 4.90 Å². The van der Waals surface area contributed by atoms with Crippen LogP contribution >= 0.6 is 0 Å². The maximum Gasteiger partial charge on any atom is 1.00 e. The van der Waals surface area contributed by atoms with E-state index in [2.05, 4.69) is 6.92 Å². The zero-order valence-electron chi connectivity index (χ0n) is 14.1. The summed E-state index contributed by atoms with van der Waals surface area (Å²) in [6, 6.07) is -0.113. The number of allylic oxidation sites excluding steroid dienone is 1. The van der Waals surface area contributed by atoms with Crippen LogP contribution in [0.4, 0.5) is 0 Å². The first-order chi connectivity index (χ1) is 10.6. The molecular weight excluding hydrogens is 305 g/mol. The predicted octanol–water partition coefficient (Wildman–Crippen LogP) is -1.85. The summed E-state index contributed by atoms with van der Waals surface area (Å²) < 4.78 is 5.94. The SMILES string of the molecule is C/C=C1/C(=O)N2C(C(=O)[O-])=C3[C@@H](CCC[C@H]3OCCCC)[C@H]12.[Na+]. The van der Waals surface area contributed by atoms with Crippen LogP contribution in [0.2, 0.25) is 0 Å². The number of nitrogens with zero attached hydrogens (tertiary/aromatic N) is 1. The number of carbonyl (C=O) groups is 2. The minimum absolute atomic E-state index is 0. The van der Waals surface area contributed by atoms with Gasteiger partial charge in [-0.2, -0.15) is 0 Å². The van der Waals surface area contributed by atoms with Crippen molar-refractivity contribution in [2.45, 2.75) is 58.1 Å². The summed E-state index contributed by atoms with van der Waals surface area (Å²) in [5.41, 5.74) is 1.59. The minimum Gasteiger partial charge on any atom is -0.543 e. The average Bonchev–Trinajstić information content (AvgIpc) is 2.80. The molecule has 2 aliphatic heterocycles. The van der Waals surface area contributed by atoms with Crippen molar-refractivity contribution in [3.63, 3.8) is 0 Å². The molecule has 0 aromatic heterocycles. The van der Waals surface area contributed by atoms with Gasteiger partial charge in [-0.1, -0.05) is 19.4 Å². The molecule has 1 saturated carbocycles. The number of hydrogen-bond donors (Lipinski definition) is 0. The van der Waals surface area contributed by atoms with Crippen molar-refractivity contribution in [2.24, 2.45) is 5.92 Å². The van der Waals surface area contributed by atoms with Crippen LogP contribution in [0.15, 0.2) is 22.9 Å². The maximum atomic E-state index is 12.2. The van der Waals surface area contributed by atoms with E-state index in [1.807, 2.05) is 6.92 Å². The predicted molar refractivity (Wildman–Crippen MR) is 78.4 cm³/mol. The molecule has 2 heterocycles. The van der Waals surface area contributed by atoms with Crippen molar-refractivity contribution in [2.75, 3.05) is 6.61 Å². The van der Waals surface area contributed by atoms with E-state index in [9.17, 15) is 14.7 Å². The van der Waals surface area contributed by atoms with Crippen LogP contribution in [0.3, 0.4) is 0 Å². The third-order valence-corrected chi connectivity index (χ3v) is 5.01. The molecule has 1 saturated heterocycles. The second-order valence-electron chi connectivity index (χ2n) is 6.21. The van der Waals surface area contributed by atoms with E-state index in [4.69, 9.17) is 4.74 Å². The first-order valence-corrected chi connectivity index (χ1v) is 8.18. The summed E-state index contributed by atoms with van der Waals surface area (Å²) in [5, 5.41) is 11.6. The molecule has 0 unspecified atom stereocenters. The molecule has 0 bridgehead atoms. The van der Waals surface area contributed by atoms with Gasteiger partial charge >= 0.3 is 29.6 Å². The molecule has 0 N–H and O–H groups in total. The van der Waals surface area contributed by atoms with Gasteiger partial charge < -0.3 is 14.6 Å². The molecule has 23 heavy (non-hydrogen) atoms. The Bertz CT molecular complexity index is 569. The molecule has 1 amide bonds. The second-order valence-corrected chi connectivity index (χ2v) is 6.21. The van der Waals surface area contributed by atoms with E-state index in [1.165, 1.54) is 4.90 Å². The Kier molecular flexibility index (Phi) is 6.11. The van der Waals surface area contributed by atoms with Crippen LogP contribution in [-0.4, -0.2) is 35.5 Å². The number of rotatable bonds is 5. The molecule has 1 aliphatic carbocycles. The first-order valence-electron chi connectivity index (χ1n) is 8.18. The van der Waals surface area contributed by atoms with E-state index < -0.39 is 5.97 Å². The van der Waals surface area contributed by atoms with E-state index in [-0.39, 0.29) is 59.2 Å². The number of ether oxygens (including phenoxy) is 1. The Labute approximate surface area is 159 Å². The van der Waals surface area contributed by atoms with Crippen LogP contribution in [0, 0.1) is 5.92 Å². The minimum atomic E-state index is -1.25. The zero-order valence-corrected chi connectivity index (χ0v) is 16.1. The summed E-state index contributed by atoms with van der Waals surface area (Å²) >= 11 is 0. The average molecular weight is 327 g/mol. The number of carboxylic acid groups (broad SMARTS) is 1. The number of carbonyl (C=O) groups excluding carboxylic acids is 2. The molecule has 3 rings (SSSR count). The summed E-state index contributed by atoms with van der Waals surface area (Å²) in [6.07, 6.45) is 6.36. The number of fused-ring (bicyclic) bond motifs is 3. The fourth-order valence-corrected chi connectivity index (χ4v) is 4.02. The fraction of sp³-hybridized carbons (Fsp3) is 0.647. The molecule has 3 atom stereocenters. The molecular formula is C17H22NNaO4. The molecule has 0 aromatic rings. The van der Waals surface area contributed by atoms with Crippen molar-refractivity contribution in [3.8, 4) is 0 Å². The van der Waals surface area contributed by atoms with Crippen molar-refractivity contribution < 1.29 is 49.0 Å². The van der Waals surface area contributed by atoms with Crippen LogP contribution in [0.25, 0.3) is 0 Å². The molecule has 2 fully saturated rings. The Morgan fingerprint density at radius 2 is 2.17 bits per heavy atom. The summed E-state index contributed by atoms with van der Waals surface area (Å²) in [4.78, 5) is 25.2. The quantitative estimate of drug-likeness (QED) is 0.257. The van der Waals surface area contributed by atoms with Crippen molar-refractivity contribution >= 4 is 11.9 Å². The maximum absolute atomic E-state index is 12.2. The molecule has 3 aliphatic rings. The van der Waals surface area contributed by atoms with Gasteiger partial charge in [0.15, 0.2) is 0 Å². The normalized spacial score (nSPS) is 30.7. The number of β-lactam (4-membered cyclic amide) rings is 1. The van der Waals surface area contributed by atoms with E-state index in [0.29, 0.717) is 6.61 Å². The first kappa shape index (κ1) is 18.7. The number of unbranched alkanes of at least 4 members (excludes halogenated alkanes) is 1. The third-order valence-electron chi connectivity index (χ3n) is 5.01. The van der Waals surface area contributed by atoms with Gasteiger partial charge in [-0.3, -0.25) is 9.69 Å². The number of carboxylic acids is 1. The van der Waals surface area contributed by atoms with Gasteiger partial charge in [0.2, 0.25) is 0 Å². The smallest absolute Gasteiger partial charge is 0.543 e. The summed E-state index contributed by atoms with van der Waals surface area (Å²) in [7, 11) is 0. The van der Waals surface area contributed by atoms with Gasteiger partial charge in [0.25, 0.3) is 5.91 Å². The van der Waals surface area contributed by atoms with Gasteiger partial charge in [-0.05, 0) is 38.2 Å². The summed E-state index contributed by atoms with van der Waals surface area (Å²) in [5.74, 6) is -1.37. The third kappa shape index (κ3) is 2.93. The zero-order chi connectivity index (χ0) is 15.9. The standard InChI is InChI=1S/C17H23NO4.Na/c1-3-5-9-22-12-8-6-7-11-13(12)15(17(20)21)18-14(11)10(4-2)16(18)19;/h4,11-12,14H,3,5-9H2,1-2H3,(H,20,21);/q;+1/p-1/b10-4+;/t11-,12-,14+;/m1./s1. The molecule has 5 nitrogen and oxygen atoms in total. The molecule has 0 spiro atoms. The number of aliphatic carboxylic acids is 1.